The molecular formula is C20H18F3N3O3. The van der Waals surface area contributed by atoms with Gasteiger partial charge in [-0.3, -0.25) is 4.79 Å². The zero-order valence-corrected chi connectivity index (χ0v) is 15.6. The highest BCUT2D eigenvalue weighted by atomic mass is 19.4. The average molecular weight is 405 g/mol. The van der Waals surface area contributed by atoms with E-state index in [4.69, 9.17) is 4.74 Å². The third-order valence-corrected chi connectivity index (χ3v) is 4.43. The maximum atomic E-state index is 12.9. The fourth-order valence-electron chi connectivity index (χ4n) is 2.98. The molecule has 0 saturated carbocycles. The number of amides is 3. The lowest BCUT2D eigenvalue weighted by molar-refractivity contribution is -0.137. The minimum Gasteiger partial charge on any atom is -0.497 e. The predicted octanol–water partition coefficient (Wildman–Crippen LogP) is 3.98. The van der Waals surface area contributed by atoms with Crippen molar-refractivity contribution in [3.8, 4) is 5.75 Å². The third-order valence-electron chi connectivity index (χ3n) is 4.43. The molecule has 2 aromatic rings. The quantitative estimate of drug-likeness (QED) is 0.720. The van der Waals surface area contributed by atoms with Gasteiger partial charge in [0.2, 0.25) is 0 Å². The molecule has 0 aromatic heterocycles. The van der Waals surface area contributed by atoms with Gasteiger partial charge in [0.1, 0.15) is 5.75 Å². The van der Waals surface area contributed by atoms with Gasteiger partial charge < -0.3 is 20.7 Å². The molecule has 6 nitrogen and oxygen atoms in total. The molecule has 1 atom stereocenters. The van der Waals surface area contributed by atoms with Crippen LogP contribution in [-0.4, -0.2) is 19.0 Å². The highest BCUT2D eigenvalue weighted by Crippen LogP contribution is 2.32. The molecule has 0 saturated heterocycles. The van der Waals surface area contributed by atoms with Crippen molar-refractivity contribution < 1.29 is 27.5 Å². The number of rotatable bonds is 4. The van der Waals surface area contributed by atoms with Crippen molar-refractivity contribution in [3.63, 3.8) is 0 Å². The monoisotopic (exact) mass is 405 g/mol. The second kappa shape index (κ2) is 7.86. The van der Waals surface area contributed by atoms with Crippen molar-refractivity contribution in [2.75, 3.05) is 12.4 Å². The lowest BCUT2D eigenvalue weighted by Gasteiger charge is -2.29. The van der Waals surface area contributed by atoms with E-state index in [1.54, 1.807) is 31.2 Å². The number of halogens is 3. The van der Waals surface area contributed by atoms with Crippen LogP contribution in [0.15, 0.2) is 59.8 Å². The summed E-state index contributed by atoms with van der Waals surface area (Å²) >= 11 is 0. The Balaban J connectivity index is 1.89. The second-order valence-electron chi connectivity index (χ2n) is 6.37. The molecule has 3 rings (SSSR count). The number of carbonyl (C=O) groups is 2. The zero-order chi connectivity index (χ0) is 21.2. The molecule has 2 aromatic carbocycles. The second-order valence-corrected chi connectivity index (χ2v) is 6.37. The van der Waals surface area contributed by atoms with Crippen LogP contribution in [0, 0.1) is 0 Å². The Morgan fingerprint density at radius 3 is 2.24 bits per heavy atom. The van der Waals surface area contributed by atoms with Gasteiger partial charge in [-0.1, -0.05) is 12.1 Å². The summed E-state index contributed by atoms with van der Waals surface area (Å²) < 4.78 is 43.5. The Labute approximate surface area is 164 Å². The van der Waals surface area contributed by atoms with E-state index in [9.17, 15) is 22.8 Å². The fraction of sp³-hybridized carbons (Fsp3) is 0.200. The standard InChI is InChI=1S/C20H18F3N3O3/c1-11-16(18(27)25-14-7-9-15(29-2)10-8-14)17(26-19(28)24-11)12-3-5-13(6-4-12)20(21,22)23/h3-10,17H,1-2H3,(H,25,27)(H2,24,26,28)/t17-/m1/s1. The number of methoxy groups -OCH3 is 1. The van der Waals surface area contributed by atoms with Crippen LogP contribution in [0.1, 0.15) is 24.1 Å². The van der Waals surface area contributed by atoms with E-state index in [1.165, 1.54) is 19.2 Å². The van der Waals surface area contributed by atoms with E-state index in [0.29, 0.717) is 22.7 Å². The molecular weight excluding hydrogens is 387 g/mol. The van der Waals surface area contributed by atoms with Gasteiger partial charge in [0, 0.05) is 11.4 Å². The Morgan fingerprint density at radius 1 is 1.07 bits per heavy atom. The van der Waals surface area contributed by atoms with Crippen LogP contribution >= 0.6 is 0 Å². The fourth-order valence-corrected chi connectivity index (χ4v) is 2.98. The molecule has 29 heavy (non-hydrogen) atoms. The number of hydrogen-bond donors (Lipinski definition) is 3. The van der Waals surface area contributed by atoms with Crippen molar-refractivity contribution in [2.45, 2.75) is 19.1 Å². The molecule has 0 spiro atoms. The molecule has 152 valence electrons. The summed E-state index contributed by atoms with van der Waals surface area (Å²) in [5.41, 5.74) is 0.544. The first-order valence-corrected chi connectivity index (χ1v) is 8.60. The molecule has 3 N–H and O–H groups in total. The summed E-state index contributed by atoms with van der Waals surface area (Å²) in [5.74, 6) is 0.123. The number of alkyl halides is 3. The number of allylic oxidation sites excluding steroid dienone is 1. The van der Waals surface area contributed by atoms with Gasteiger partial charge in [-0.15, -0.1) is 0 Å². The minimum atomic E-state index is -4.48. The number of hydrogen-bond acceptors (Lipinski definition) is 3. The number of benzene rings is 2. The molecule has 1 aliphatic heterocycles. The number of anilines is 1. The average Bonchev–Trinajstić information content (AvgIpc) is 2.67. The van der Waals surface area contributed by atoms with Crippen LogP contribution < -0.4 is 20.7 Å². The molecule has 1 heterocycles. The number of nitrogens with one attached hydrogen (secondary N) is 3. The molecule has 9 heteroatoms. The van der Waals surface area contributed by atoms with Crippen molar-refractivity contribution in [1.29, 1.82) is 0 Å². The summed E-state index contributed by atoms with van der Waals surface area (Å²) in [6.07, 6.45) is -4.48. The number of ether oxygens (including phenoxy) is 1. The summed E-state index contributed by atoms with van der Waals surface area (Å²) in [6, 6.07) is 9.51. The Hall–Kier alpha value is -3.49. The van der Waals surface area contributed by atoms with Crippen LogP contribution in [0.3, 0.4) is 0 Å². The van der Waals surface area contributed by atoms with Crippen LogP contribution in [-0.2, 0) is 11.0 Å². The van der Waals surface area contributed by atoms with Gasteiger partial charge >= 0.3 is 12.2 Å². The van der Waals surface area contributed by atoms with E-state index in [1.807, 2.05) is 0 Å². The van der Waals surface area contributed by atoms with E-state index >= 15 is 0 Å². The Kier molecular flexibility index (Phi) is 5.49. The Bertz CT molecular complexity index is 952. The lowest BCUT2D eigenvalue weighted by Crippen LogP contribution is -2.46. The SMILES string of the molecule is COc1ccc(NC(=O)C2=C(C)NC(=O)N[C@@H]2c2ccc(C(F)(F)F)cc2)cc1. The molecule has 0 radical (unpaired) electrons. The summed E-state index contributed by atoms with van der Waals surface area (Å²) in [7, 11) is 1.52. The van der Waals surface area contributed by atoms with E-state index in [0.717, 1.165) is 12.1 Å². The smallest absolute Gasteiger partial charge is 0.416 e. The van der Waals surface area contributed by atoms with Crippen LogP contribution in [0.2, 0.25) is 0 Å². The van der Waals surface area contributed by atoms with Crippen molar-refractivity contribution >= 4 is 17.6 Å². The normalized spacial score (nSPS) is 16.7. The van der Waals surface area contributed by atoms with Crippen molar-refractivity contribution in [3.05, 3.63) is 70.9 Å². The van der Waals surface area contributed by atoms with Gasteiger partial charge in [0.05, 0.1) is 24.3 Å². The molecule has 1 aliphatic rings. The van der Waals surface area contributed by atoms with Gasteiger partial charge in [-0.2, -0.15) is 13.2 Å². The first-order valence-electron chi connectivity index (χ1n) is 8.60. The maximum Gasteiger partial charge on any atom is 0.416 e. The maximum absolute atomic E-state index is 12.9. The topological polar surface area (TPSA) is 79.5 Å². The van der Waals surface area contributed by atoms with Crippen LogP contribution in [0.4, 0.5) is 23.7 Å². The van der Waals surface area contributed by atoms with E-state index in [2.05, 4.69) is 16.0 Å². The molecule has 3 amide bonds. The molecule has 0 unspecified atom stereocenters. The van der Waals surface area contributed by atoms with Crippen molar-refractivity contribution in [2.24, 2.45) is 0 Å². The zero-order valence-electron chi connectivity index (χ0n) is 15.6. The van der Waals surface area contributed by atoms with Gasteiger partial charge in [0.15, 0.2) is 0 Å². The predicted molar refractivity (Wildman–Crippen MR) is 100 cm³/mol. The molecule has 0 aliphatic carbocycles. The van der Waals surface area contributed by atoms with Crippen molar-refractivity contribution in [1.82, 2.24) is 10.6 Å². The third kappa shape index (κ3) is 4.50. The van der Waals surface area contributed by atoms with Gasteiger partial charge in [-0.25, -0.2) is 4.79 Å². The minimum absolute atomic E-state index is 0.195. The van der Waals surface area contributed by atoms with Gasteiger partial charge in [-0.05, 0) is 48.9 Å². The summed E-state index contributed by atoms with van der Waals surface area (Å²) in [6.45, 7) is 1.55. The molecule has 0 fully saturated rings. The highest BCUT2D eigenvalue weighted by molar-refractivity contribution is 6.06. The first kappa shape index (κ1) is 20.2. The molecule has 0 bridgehead atoms. The van der Waals surface area contributed by atoms with E-state index in [-0.39, 0.29) is 5.57 Å². The van der Waals surface area contributed by atoms with Crippen LogP contribution in [0.25, 0.3) is 0 Å². The largest absolute Gasteiger partial charge is 0.497 e. The summed E-state index contributed by atoms with van der Waals surface area (Å²) in [5, 5.41) is 7.82. The summed E-state index contributed by atoms with van der Waals surface area (Å²) in [4.78, 5) is 24.8. The lowest BCUT2D eigenvalue weighted by atomic mass is 9.94. The van der Waals surface area contributed by atoms with E-state index < -0.39 is 29.7 Å². The first-order chi connectivity index (χ1) is 13.7. The van der Waals surface area contributed by atoms with Gasteiger partial charge in [0.25, 0.3) is 5.91 Å². The highest BCUT2D eigenvalue weighted by Gasteiger charge is 2.33. The Morgan fingerprint density at radius 2 is 1.69 bits per heavy atom. The van der Waals surface area contributed by atoms with Crippen LogP contribution in [0.5, 0.6) is 5.75 Å². The number of carbonyl (C=O) groups excluding carboxylic acids is 2. The number of urea groups is 1.